The van der Waals surface area contributed by atoms with Gasteiger partial charge in [-0.3, -0.25) is 10.1 Å². The molecule has 2 aromatic carbocycles. The van der Waals surface area contributed by atoms with Crippen molar-refractivity contribution in [1.82, 2.24) is 10.6 Å². The fourth-order valence-electron chi connectivity index (χ4n) is 2.54. The van der Waals surface area contributed by atoms with Gasteiger partial charge < -0.3 is 5.32 Å². The largest absolute Gasteiger partial charge is 0.351 e. The van der Waals surface area contributed by atoms with Crippen molar-refractivity contribution in [3.8, 4) is 0 Å². The number of thiophene rings is 1. The van der Waals surface area contributed by atoms with Crippen LogP contribution in [0.4, 0.5) is 0 Å². The van der Waals surface area contributed by atoms with E-state index >= 15 is 0 Å². The molecule has 1 amide bonds. The second kappa shape index (κ2) is 8.81. The van der Waals surface area contributed by atoms with Gasteiger partial charge in [-0.2, -0.15) is 0 Å². The minimum Gasteiger partial charge on any atom is -0.351 e. The highest BCUT2D eigenvalue weighted by Crippen LogP contribution is 2.25. The minimum absolute atomic E-state index is 0.0162. The number of benzene rings is 2. The van der Waals surface area contributed by atoms with Gasteiger partial charge in [0, 0.05) is 16.4 Å². The molecule has 3 rings (SSSR count). The molecule has 3 aromatic rings. The average Bonchev–Trinajstić information content (AvgIpc) is 3.17. The van der Waals surface area contributed by atoms with Crippen LogP contribution in [0.2, 0.25) is 5.02 Å². The molecule has 0 unspecified atom stereocenters. The van der Waals surface area contributed by atoms with Crippen LogP contribution in [0.15, 0.2) is 72.1 Å². The maximum absolute atomic E-state index is 12.2. The van der Waals surface area contributed by atoms with E-state index in [1.165, 1.54) is 4.88 Å². The third-order valence-electron chi connectivity index (χ3n) is 3.83. The summed E-state index contributed by atoms with van der Waals surface area (Å²) in [5, 5.41) is 9.03. The van der Waals surface area contributed by atoms with Gasteiger partial charge in [0.05, 0.1) is 12.6 Å². The third-order valence-corrected chi connectivity index (χ3v) is 5.02. The summed E-state index contributed by atoms with van der Waals surface area (Å²) in [6.45, 7) is 0.748. The Hall–Kier alpha value is -2.14. The molecule has 0 bridgehead atoms. The maximum Gasteiger partial charge on any atom is 0.234 e. The first kappa shape index (κ1) is 17.7. The quantitative estimate of drug-likeness (QED) is 0.647. The number of hydrogen-bond acceptors (Lipinski definition) is 3. The third kappa shape index (κ3) is 5.16. The van der Waals surface area contributed by atoms with Crippen LogP contribution in [0.3, 0.4) is 0 Å². The fourth-order valence-corrected chi connectivity index (χ4v) is 3.50. The van der Waals surface area contributed by atoms with Crippen LogP contribution < -0.4 is 10.6 Å². The molecule has 0 aliphatic heterocycles. The zero-order valence-corrected chi connectivity index (χ0v) is 15.2. The number of carbonyl (C=O) groups excluding carboxylic acids is 1. The second-order valence-corrected chi connectivity index (χ2v) is 7.06. The molecule has 128 valence electrons. The normalized spacial score (nSPS) is 11.9. The molecule has 0 aliphatic carbocycles. The molecule has 0 aliphatic rings. The zero-order chi connectivity index (χ0) is 17.5. The number of nitrogens with one attached hydrogen (secondary N) is 2. The first-order valence-electron chi connectivity index (χ1n) is 8.05. The number of carbonyl (C=O) groups is 1. The van der Waals surface area contributed by atoms with E-state index in [-0.39, 0.29) is 18.5 Å². The van der Waals surface area contributed by atoms with E-state index in [4.69, 9.17) is 11.6 Å². The standard InChI is InChI=1S/C20H19ClN2OS/c21-17-10-8-15(9-11-17)13-22-19(24)14-23-20(18-7-4-12-25-18)16-5-2-1-3-6-16/h1-12,20,23H,13-14H2,(H,22,24)/t20-/m0/s1. The SMILES string of the molecule is O=C(CN[C@@H](c1ccccc1)c1cccs1)NCc1ccc(Cl)cc1. The Morgan fingerprint density at radius 3 is 2.44 bits per heavy atom. The second-order valence-electron chi connectivity index (χ2n) is 5.64. The summed E-state index contributed by atoms with van der Waals surface area (Å²) in [5.74, 6) is -0.0348. The number of halogens is 1. The van der Waals surface area contributed by atoms with Crippen LogP contribution >= 0.6 is 22.9 Å². The predicted molar refractivity (Wildman–Crippen MR) is 104 cm³/mol. The van der Waals surface area contributed by atoms with Gasteiger partial charge in [0.2, 0.25) is 5.91 Å². The van der Waals surface area contributed by atoms with E-state index in [1.807, 2.05) is 53.9 Å². The molecule has 1 aromatic heterocycles. The maximum atomic E-state index is 12.2. The smallest absolute Gasteiger partial charge is 0.234 e. The molecule has 0 fully saturated rings. The van der Waals surface area contributed by atoms with Gasteiger partial charge in [-0.25, -0.2) is 0 Å². The Bertz CT molecular complexity index is 788. The minimum atomic E-state index is -0.0348. The predicted octanol–water partition coefficient (Wildman–Crippen LogP) is 4.40. The fraction of sp³-hybridized carbons (Fsp3) is 0.150. The molecule has 0 saturated heterocycles. The summed E-state index contributed by atoms with van der Waals surface area (Å²) in [6.07, 6.45) is 0. The monoisotopic (exact) mass is 370 g/mol. The van der Waals surface area contributed by atoms with Crippen molar-refractivity contribution in [1.29, 1.82) is 0 Å². The van der Waals surface area contributed by atoms with Crippen LogP contribution in [-0.2, 0) is 11.3 Å². The Morgan fingerprint density at radius 1 is 1.00 bits per heavy atom. The van der Waals surface area contributed by atoms with Crippen LogP contribution in [0.5, 0.6) is 0 Å². The van der Waals surface area contributed by atoms with Gasteiger partial charge in [0.1, 0.15) is 0 Å². The molecule has 2 N–H and O–H groups in total. The molecule has 0 spiro atoms. The topological polar surface area (TPSA) is 41.1 Å². The van der Waals surface area contributed by atoms with Crippen molar-refractivity contribution in [2.45, 2.75) is 12.6 Å². The highest BCUT2D eigenvalue weighted by molar-refractivity contribution is 7.10. The van der Waals surface area contributed by atoms with Crippen LogP contribution in [0, 0.1) is 0 Å². The van der Waals surface area contributed by atoms with E-state index in [9.17, 15) is 4.79 Å². The lowest BCUT2D eigenvalue weighted by Crippen LogP contribution is -2.35. The van der Waals surface area contributed by atoms with Crippen molar-refractivity contribution in [2.75, 3.05) is 6.54 Å². The van der Waals surface area contributed by atoms with Crippen molar-refractivity contribution in [3.05, 3.63) is 93.1 Å². The molecule has 1 atom stereocenters. The summed E-state index contributed by atoms with van der Waals surface area (Å²) in [7, 11) is 0. The highest BCUT2D eigenvalue weighted by Gasteiger charge is 2.15. The van der Waals surface area contributed by atoms with Gasteiger partial charge in [-0.1, -0.05) is 60.1 Å². The molecule has 0 saturated carbocycles. The van der Waals surface area contributed by atoms with Gasteiger partial charge in [0.25, 0.3) is 0 Å². The van der Waals surface area contributed by atoms with Crippen LogP contribution in [-0.4, -0.2) is 12.5 Å². The van der Waals surface area contributed by atoms with E-state index in [0.29, 0.717) is 11.6 Å². The van der Waals surface area contributed by atoms with E-state index in [2.05, 4.69) is 28.8 Å². The molecule has 0 radical (unpaired) electrons. The molecular formula is C20H19ClN2OS. The Kier molecular flexibility index (Phi) is 6.23. The zero-order valence-electron chi connectivity index (χ0n) is 13.6. The number of rotatable bonds is 7. The average molecular weight is 371 g/mol. The Balaban J connectivity index is 1.57. The summed E-state index contributed by atoms with van der Waals surface area (Å²) in [6, 6.07) is 21.8. The first-order valence-corrected chi connectivity index (χ1v) is 9.31. The molecular weight excluding hydrogens is 352 g/mol. The van der Waals surface area contributed by atoms with Crippen molar-refractivity contribution >= 4 is 28.8 Å². The van der Waals surface area contributed by atoms with E-state index < -0.39 is 0 Å². The number of hydrogen-bond donors (Lipinski definition) is 2. The number of amides is 1. The van der Waals surface area contributed by atoms with Gasteiger partial charge in [-0.05, 0) is 34.7 Å². The molecule has 3 nitrogen and oxygen atoms in total. The Labute approximate surface area is 156 Å². The van der Waals surface area contributed by atoms with Gasteiger partial charge in [0.15, 0.2) is 0 Å². The van der Waals surface area contributed by atoms with Crippen molar-refractivity contribution < 1.29 is 4.79 Å². The summed E-state index contributed by atoms with van der Waals surface area (Å²) >= 11 is 7.55. The molecule has 25 heavy (non-hydrogen) atoms. The Morgan fingerprint density at radius 2 is 1.76 bits per heavy atom. The van der Waals surface area contributed by atoms with E-state index in [0.717, 1.165) is 11.1 Å². The van der Waals surface area contributed by atoms with Crippen molar-refractivity contribution in [2.24, 2.45) is 0 Å². The summed E-state index contributed by atoms with van der Waals surface area (Å²) in [5.41, 5.74) is 2.17. The highest BCUT2D eigenvalue weighted by atomic mass is 35.5. The lowest BCUT2D eigenvalue weighted by Gasteiger charge is -2.18. The molecule has 1 heterocycles. The van der Waals surface area contributed by atoms with Gasteiger partial charge in [-0.15, -0.1) is 11.3 Å². The summed E-state index contributed by atoms with van der Waals surface area (Å²) < 4.78 is 0. The summed E-state index contributed by atoms with van der Waals surface area (Å²) in [4.78, 5) is 13.4. The lowest BCUT2D eigenvalue weighted by atomic mass is 10.1. The lowest BCUT2D eigenvalue weighted by molar-refractivity contribution is -0.120. The first-order chi connectivity index (χ1) is 12.2. The van der Waals surface area contributed by atoms with Gasteiger partial charge >= 0.3 is 0 Å². The van der Waals surface area contributed by atoms with Crippen LogP contribution in [0.1, 0.15) is 22.0 Å². The van der Waals surface area contributed by atoms with Crippen molar-refractivity contribution in [3.63, 3.8) is 0 Å². The molecule has 5 heteroatoms. The van der Waals surface area contributed by atoms with Crippen LogP contribution in [0.25, 0.3) is 0 Å². The van der Waals surface area contributed by atoms with E-state index in [1.54, 1.807) is 11.3 Å².